The molecular weight excluding hydrogens is 310 g/mol. The molecule has 4 rings (SSSR count). The molecule has 0 spiro atoms. The summed E-state index contributed by atoms with van der Waals surface area (Å²) in [5.74, 6) is 0.833. The molecule has 0 bridgehead atoms. The van der Waals surface area contributed by atoms with Gasteiger partial charge in [-0.1, -0.05) is 29.8 Å². The van der Waals surface area contributed by atoms with Crippen LogP contribution < -0.4 is 5.32 Å². The van der Waals surface area contributed by atoms with Crippen LogP contribution >= 0.6 is 0 Å². The first-order valence-corrected chi connectivity index (χ1v) is 8.83. The fourth-order valence-electron chi connectivity index (χ4n) is 3.51. The van der Waals surface area contributed by atoms with Gasteiger partial charge in [0.1, 0.15) is 5.69 Å². The average Bonchev–Trinajstić information content (AvgIpc) is 2.63. The Bertz CT molecular complexity index is 875. The molecule has 0 saturated carbocycles. The zero-order valence-corrected chi connectivity index (χ0v) is 14.7. The first-order valence-electron chi connectivity index (χ1n) is 8.83. The molecule has 0 aliphatic carbocycles. The minimum Gasteiger partial charge on any atom is -0.364 e. The molecule has 128 valence electrons. The van der Waals surface area contributed by atoms with E-state index in [1.165, 1.54) is 18.5 Å². The summed E-state index contributed by atoms with van der Waals surface area (Å²) in [6, 6.07) is 10.8. The number of rotatable bonds is 3. The van der Waals surface area contributed by atoms with Crippen molar-refractivity contribution in [3.05, 3.63) is 48.3 Å². The average molecular weight is 333 g/mol. The minimum absolute atomic E-state index is 0.404. The van der Waals surface area contributed by atoms with Gasteiger partial charge in [0.25, 0.3) is 0 Å². The van der Waals surface area contributed by atoms with E-state index in [9.17, 15) is 0 Å². The Balaban J connectivity index is 1.73. The molecule has 1 fully saturated rings. The third-order valence-electron chi connectivity index (χ3n) is 4.87. The number of pyridine rings is 1. The van der Waals surface area contributed by atoms with Crippen molar-refractivity contribution in [2.75, 3.05) is 25.5 Å². The van der Waals surface area contributed by atoms with E-state index in [4.69, 9.17) is 0 Å². The highest BCUT2D eigenvalue weighted by Crippen LogP contribution is 2.30. The maximum atomic E-state index is 4.54. The zero-order chi connectivity index (χ0) is 17.2. The Morgan fingerprint density at radius 3 is 2.72 bits per heavy atom. The molecule has 25 heavy (non-hydrogen) atoms. The minimum atomic E-state index is 0.404. The summed E-state index contributed by atoms with van der Waals surface area (Å²) in [4.78, 5) is 6.67. The van der Waals surface area contributed by atoms with Crippen LogP contribution in [-0.2, 0) is 0 Å². The highest BCUT2D eigenvalue weighted by Gasteiger charge is 2.19. The van der Waals surface area contributed by atoms with Crippen molar-refractivity contribution in [1.29, 1.82) is 0 Å². The SMILES string of the molecule is Cc1ccc(-c2nnc(N[C@@H]3CCCN(C)C3)c3cnccc23)cc1. The van der Waals surface area contributed by atoms with Crippen LogP contribution in [0.3, 0.4) is 0 Å². The number of nitrogens with zero attached hydrogens (tertiary/aromatic N) is 4. The lowest BCUT2D eigenvalue weighted by atomic mass is 10.0. The number of nitrogens with one attached hydrogen (secondary N) is 1. The van der Waals surface area contributed by atoms with E-state index in [2.05, 4.69) is 63.6 Å². The highest BCUT2D eigenvalue weighted by molar-refractivity contribution is 5.99. The summed E-state index contributed by atoms with van der Waals surface area (Å²) >= 11 is 0. The molecule has 1 aromatic carbocycles. The summed E-state index contributed by atoms with van der Waals surface area (Å²) < 4.78 is 0. The van der Waals surface area contributed by atoms with Crippen LogP contribution in [0.25, 0.3) is 22.0 Å². The largest absolute Gasteiger partial charge is 0.364 e. The third-order valence-corrected chi connectivity index (χ3v) is 4.87. The van der Waals surface area contributed by atoms with Crippen molar-refractivity contribution in [1.82, 2.24) is 20.1 Å². The van der Waals surface area contributed by atoms with Crippen molar-refractivity contribution in [3.63, 3.8) is 0 Å². The topological polar surface area (TPSA) is 53.9 Å². The van der Waals surface area contributed by atoms with Crippen LogP contribution in [0.5, 0.6) is 0 Å². The maximum absolute atomic E-state index is 4.54. The molecule has 0 radical (unpaired) electrons. The van der Waals surface area contributed by atoms with E-state index < -0.39 is 0 Å². The third kappa shape index (κ3) is 3.33. The van der Waals surface area contributed by atoms with Gasteiger partial charge < -0.3 is 10.2 Å². The molecule has 1 aliphatic rings. The number of aromatic nitrogens is 3. The van der Waals surface area contributed by atoms with Crippen LogP contribution in [0.2, 0.25) is 0 Å². The Labute approximate surface area is 148 Å². The van der Waals surface area contributed by atoms with Gasteiger partial charge >= 0.3 is 0 Å². The standard InChI is InChI=1S/C20H23N5/c1-14-5-7-15(8-6-14)19-17-9-10-21-12-18(17)20(24-23-19)22-16-4-3-11-25(2)13-16/h5-10,12,16H,3-4,11,13H2,1-2H3,(H,22,24)/t16-/m1/s1. The smallest absolute Gasteiger partial charge is 0.158 e. The zero-order valence-electron chi connectivity index (χ0n) is 14.7. The van der Waals surface area contributed by atoms with E-state index >= 15 is 0 Å². The first-order chi connectivity index (χ1) is 12.2. The number of piperidine rings is 1. The summed E-state index contributed by atoms with van der Waals surface area (Å²) in [7, 11) is 2.17. The van der Waals surface area contributed by atoms with Crippen molar-refractivity contribution in [2.24, 2.45) is 0 Å². The first kappa shape index (κ1) is 16.0. The Morgan fingerprint density at radius 1 is 1.08 bits per heavy atom. The van der Waals surface area contributed by atoms with Crippen molar-refractivity contribution >= 4 is 16.6 Å². The predicted octanol–water partition coefficient (Wildman–Crippen LogP) is 3.51. The van der Waals surface area contributed by atoms with Gasteiger partial charge in [-0.05, 0) is 39.4 Å². The molecule has 0 unspecified atom stereocenters. The van der Waals surface area contributed by atoms with Crippen molar-refractivity contribution in [3.8, 4) is 11.3 Å². The summed E-state index contributed by atoms with van der Waals surface area (Å²) in [6.07, 6.45) is 6.07. The Morgan fingerprint density at radius 2 is 1.92 bits per heavy atom. The number of likely N-dealkylation sites (N-methyl/N-ethyl adjacent to an activating group) is 1. The molecule has 1 N–H and O–H groups in total. The molecule has 0 amide bonds. The van der Waals surface area contributed by atoms with Gasteiger partial charge in [-0.25, -0.2) is 0 Å². The number of likely N-dealkylation sites (tertiary alicyclic amines) is 1. The second kappa shape index (κ2) is 6.76. The number of anilines is 1. The van der Waals surface area contributed by atoms with Gasteiger partial charge in [0.15, 0.2) is 5.82 Å². The normalized spacial score (nSPS) is 18.4. The molecule has 5 nitrogen and oxygen atoms in total. The van der Waals surface area contributed by atoms with Crippen LogP contribution in [0.15, 0.2) is 42.7 Å². The quantitative estimate of drug-likeness (QED) is 0.795. The molecule has 5 heteroatoms. The molecule has 1 atom stereocenters. The fraction of sp³-hybridized carbons (Fsp3) is 0.350. The summed E-state index contributed by atoms with van der Waals surface area (Å²) in [5.41, 5.74) is 3.23. The van der Waals surface area contributed by atoms with Gasteiger partial charge in [0, 0.05) is 41.3 Å². The van der Waals surface area contributed by atoms with Crippen LogP contribution in [0, 0.1) is 6.92 Å². The number of hydrogen-bond acceptors (Lipinski definition) is 5. The lowest BCUT2D eigenvalue weighted by Gasteiger charge is -2.30. The van der Waals surface area contributed by atoms with E-state index in [-0.39, 0.29) is 0 Å². The monoisotopic (exact) mass is 333 g/mol. The van der Waals surface area contributed by atoms with Crippen molar-refractivity contribution < 1.29 is 0 Å². The number of benzene rings is 1. The Kier molecular flexibility index (Phi) is 4.32. The van der Waals surface area contributed by atoms with Gasteiger partial charge in [-0.3, -0.25) is 4.98 Å². The van der Waals surface area contributed by atoms with Crippen LogP contribution in [0.1, 0.15) is 18.4 Å². The predicted molar refractivity (Wildman–Crippen MR) is 102 cm³/mol. The molecule has 2 aromatic heterocycles. The maximum Gasteiger partial charge on any atom is 0.158 e. The highest BCUT2D eigenvalue weighted by atomic mass is 15.2. The van der Waals surface area contributed by atoms with E-state index in [1.54, 1.807) is 0 Å². The lowest BCUT2D eigenvalue weighted by molar-refractivity contribution is 0.261. The number of aryl methyl sites for hydroxylation is 1. The molecule has 3 aromatic rings. The number of hydrogen-bond donors (Lipinski definition) is 1. The van der Waals surface area contributed by atoms with Crippen LogP contribution in [-0.4, -0.2) is 46.3 Å². The van der Waals surface area contributed by atoms with Gasteiger partial charge in [-0.15, -0.1) is 10.2 Å². The summed E-state index contributed by atoms with van der Waals surface area (Å²) in [5, 5.41) is 14.7. The molecule has 3 heterocycles. The second-order valence-corrected chi connectivity index (χ2v) is 6.93. The molecule has 1 aliphatic heterocycles. The van der Waals surface area contributed by atoms with Gasteiger partial charge in [0.2, 0.25) is 0 Å². The number of fused-ring (bicyclic) bond motifs is 1. The van der Waals surface area contributed by atoms with E-state index in [0.717, 1.165) is 40.8 Å². The second-order valence-electron chi connectivity index (χ2n) is 6.93. The molecular formula is C20H23N5. The van der Waals surface area contributed by atoms with Crippen molar-refractivity contribution in [2.45, 2.75) is 25.8 Å². The van der Waals surface area contributed by atoms with Gasteiger partial charge in [0.05, 0.1) is 0 Å². The van der Waals surface area contributed by atoms with Gasteiger partial charge in [-0.2, -0.15) is 0 Å². The lowest BCUT2D eigenvalue weighted by Crippen LogP contribution is -2.40. The summed E-state index contributed by atoms with van der Waals surface area (Å²) in [6.45, 7) is 4.29. The molecule has 1 saturated heterocycles. The fourth-order valence-corrected chi connectivity index (χ4v) is 3.51. The Hall–Kier alpha value is -2.53. The van der Waals surface area contributed by atoms with E-state index in [0.29, 0.717) is 6.04 Å². The van der Waals surface area contributed by atoms with E-state index in [1.807, 2.05) is 18.5 Å². The van der Waals surface area contributed by atoms with Crippen LogP contribution in [0.4, 0.5) is 5.82 Å².